The Morgan fingerprint density at radius 3 is 3.00 bits per heavy atom. The van der Waals surface area contributed by atoms with E-state index in [0.717, 1.165) is 12.8 Å². The van der Waals surface area contributed by atoms with Crippen LogP contribution in [0.2, 0.25) is 0 Å². The second-order valence-electron chi connectivity index (χ2n) is 3.52. The molecule has 0 radical (unpaired) electrons. The summed E-state index contributed by atoms with van der Waals surface area (Å²) in [6.07, 6.45) is 3.96. The molecule has 0 bridgehead atoms. The summed E-state index contributed by atoms with van der Waals surface area (Å²) in [4.78, 5) is 14.2. The monoisotopic (exact) mass is 209 g/mol. The summed E-state index contributed by atoms with van der Waals surface area (Å²) < 4.78 is 0. The molecule has 0 fully saturated rings. The van der Waals surface area contributed by atoms with E-state index in [9.17, 15) is 10.1 Å². The summed E-state index contributed by atoms with van der Waals surface area (Å²) in [5.74, 6) is 0. The quantitative estimate of drug-likeness (QED) is 0.590. The molecule has 0 spiro atoms. The molecule has 1 heterocycles. The summed E-state index contributed by atoms with van der Waals surface area (Å²) >= 11 is 0. The van der Waals surface area contributed by atoms with E-state index in [1.165, 1.54) is 18.3 Å². The van der Waals surface area contributed by atoms with E-state index in [0.29, 0.717) is 12.1 Å². The number of hydrogen-bond donors (Lipinski definition) is 1. The number of nitrogens with two attached hydrogens (primary N) is 1. The fourth-order valence-corrected chi connectivity index (χ4v) is 1.43. The molecule has 15 heavy (non-hydrogen) atoms. The van der Waals surface area contributed by atoms with Gasteiger partial charge in [-0.15, -0.1) is 0 Å². The van der Waals surface area contributed by atoms with Gasteiger partial charge in [0.25, 0.3) is 5.69 Å². The van der Waals surface area contributed by atoms with E-state index in [4.69, 9.17) is 5.73 Å². The zero-order valence-electron chi connectivity index (χ0n) is 8.72. The molecule has 2 N–H and O–H groups in total. The molecule has 0 saturated carbocycles. The van der Waals surface area contributed by atoms with Crippen molar-refractivity contribution in [2.45, 2.75) is 32.2 Å². The predicted molar refractivity (Wildman–Crippen MR) is 57.5 cm³/mol. The molecule has 1 rings (SSSR count). The Hall–Kier alpha value is -1.49. The van der Waals surface area contributed by atoms with Gasteiger partial charge < -0.3 is 5.73 Å². The first-order valence-corrected chi connectivity index (χ1v) is 4.98. The van der Waals surface area contributed by atoms with Crippen LogP contribution in [0.5, 0.6) is 0 Å². The number of hydrogen-bond acceptors (Lipinski definition) is 4. The fourth-order valence-electron chi connectivity index (χ4n) is 1.43. The molecule has 82 valence electrons. The predicted octanol–water partition coefficient (Wildman–Crippen LogP) is 1.66. The van der Waals surface area contributed by atoms with Crippen LogP contribution in [-0.4, -0.2) is 15.9 Å². The van der Waals surface area contributed by atoms with Crippen molar-refractivity contribution >= 4 is 5.69 Å². The molecule has 1 atom stereocenters. The van der Waals surface area contributed by atoms with Crippen LogP contribution in [0.15, 0.2) is 18.3 Å². The van der Waals surface area contributed by atoms with Gasteiger partial charge in [0.2, 0.25) is 0 Å². The van der Waals surface area contributed by atoms with Crippen molar-refractivity contribution in [3.8, 4) is 0 Å². The maximum atomic E-state index is 10.5. The minimum atomic E-state index is -0.420. The third-order valence-electron chi connectivity index (χ3n) is 2.14. The number of nitro groups is 1. The molecule has 0 aliphatic rings. The highest BCUT2D eigenvalue weighted by molar-refractivity contribution is 5.29. The maximum absolute atomic E-state index is 10.5. The normalized spacial score (nSPS) is 12.4. The van der Waals surface area contributed by atoms with Gasteiger partial charge in [-0.05, 0) is 6.42 Å². The fraction of sp³-hybridized carbons (Fsp3) is 0.500. The minimum absolute atomic E-state index is 0.0319. The lowest BCUT2D eigenvalue weighted by molar-refractivity contribution is -0.385. The summed E-state index contributed by atoms with van der Waals surface area (Å²) in [6, 6.07) is 2.90. The Morgan fingerprint density at radius 2 is 2.40 bits per heavy atom. The van der Waals surface area contributed by atoms with Crippen molar-refractivity contribution < 1.29 is 4.92 Å². The third-order valence-corrected chi connectivity index (χ3v) is 2.14. The van der Waals surface area contributed by atoms with Gasteiger partial charge in [0.15, 0.2) is 0 Å². The number of pyridine rings is 1. The molecule has 5 heteroatoms. The van der Waals surface area contributed by atoms with Gasteiger partial charge in [0.1, 0.15) is 0 Å². The van der Waals surface area contributed by atoms with Crippen molar-refractivity contribution in [3.63, 3.8) is 0 Å². The van der Waals surface area contributed by atoms with Crippen LogP contribution in [0.3, 0.4) is 0 Å². The minimum Gasteiger partial charge on any atom is -0.327 e. The van der Waals surface area contributed by atoms with Crippen LogP contribution in [0.25, 0.3) is 0 Å². The molecule has 1 unspecified atom stereocenters. The van der Waals surface area contributed by atoms with E-state index < -0.39 is 4.92 Å². The van der Waals surface area contributed by atoms with Gasteiger partial charge in [0.05, 0.1) is 4.92 Å². The van der Waals surface area contributed by atoms with E-state index in [2.05, 4.69) is 11.9 Å². The van der Waals surface area contributed by atoms with E-state index in [1.54, 1.807) is 0 Å². The zero-order valence-corrected chi connectivity index (χ0v) is 8.72. The van der Waals surface area contributed by atoms with Crippen molar-refractivity contribution in [1.82, 2.24) is 4.98 Å². The Balaban J connectivity index is 2.69. The maximum Gasteiger partial charge on any atom is 0.272 e. The first-order valence-electron chi connectivity index (χ1n) is 4.98. The van der Waals surface area contributed by atoms with Gasteiger partial charge in [-0.3, -0.25) is 15.1 Å². The zero-order chi connectivity index (χ0) is 11.3. The molecule has 0 saturated heterocycles. The second-order valence-corrected chi connectivity index (χ2v) is 3.52. The molecule has 1 aromatic heterocycles. The Labute approximate surface area is 88.5 Å². The second kappa shape index (κ2) is 5.41. The smallest absolute Gasteiger partial charge is 0.272 e. The largest absolute Gasteiger partial charge is 0.327 e. The van der Waals surface area contributed by atoms with E-state index >= 15 is 0 Å². The van der Waals surface area contributed by atoms with Gasteiger partial charge in [-0.1, -0.05) is 13.3 Å². The lowest BCUT2D eigenvalue weighted by atomic mass is 10.1. The average Bonchev–Trinajstić information content (AvgIpc) is 2.18. The van der Waals surface area contributed by atoms with Crippen molar-refractivity contribution in [2.75, 3.05) is 0 Å². The molecule has 0 aromatic carbocycles. The van der Waals surface area contributed by atoms with Gasteiger partial charge in [0, 0.05) is 36.5 Å². The van der Waals surface area contributed by atoms with Gasteiger partial charge in [-0.25, -0.2) is 0 Å². The first kappa shape index (κ1) is 11.6. The highest BCUT2D eigenvalue weighted by Crippen LogP contribution is 2.12. The molecular weight excluding hydrogens is 194 g/mol. The summed E-state index contributed by atoms with van der Waals surface area (Å²) in [5.41, 5.74) is 6.59. The number of nitrogens with zero attached hydrogens (tertiary/aromatic N) is 2. The third kappa shape index (κ3) is 3.63. The SMILES string of the molecule is CCCC(N)Cc1cc([N+](=O)[O-])ccn1. The van der Waals surface area contributed by atoms with E-state index in [1.807, 2.05) is 0 Å². The van der Waals surface area contributed by atoms with E-state index in [-0.39, 0.29) is 11.7 Å². The number of rotatable bonds is 5. The first-order chi connectivity index (χ1) is 7.13. The van der Waals surface area contributed by atoms with Crippen molar-refractivity contribution in [2.24, 2.45) is 5.73 Å². The van der Waals surface area contributed by atoms with Crippen LogP contribution in [0.1, 0.15) is 25.5 Å². The summed E-state index contributed by atoms with van der Waals surface area (Å²) in [5, 5.41) is 10.5. The molecule has 0 aliphatic carbocycles. The average molecular weight is 209 g/mol. The molecule has 0 amide bonds. The molecule has 0 aliphatic heterocycles. The lowest BCUT2D eigenvalue weighted by Gasteiger charge is -2.08. The van der Waals surface area contributed by atoms with Crippen molar-refractivity contribution in [1.29, 1.82) is 0 Å². The topological polar surface area (TPSA) is 82.0 Å². The molecule has 1 aromatic rings. The van der Waals surface area contributed by atoms with Crippen molar-refractivity contribution in [3.05, 3.63) is 34.1 Å². The summed E-state index contributed by atoms with van der Waals surface area (Å²) in [6.45, 7) is 2.06. The molecule has 5 nitrogen and oxygen atoms in total. The summed E-state index contributed by atoms with van der Waals surface area (Å²) in [7, 11) is 0. The van der Waals surface area contributed by atoms with Crippen LogP contribution in [0.4, 0.5) is 5.69 Å². The lowest BCUT2D eigenvalue weighted by Crippen LogP contribution is -2.22. The Kier molecular flexibility index (Phi) is 4.17. The number of aromatic nitrogens is 1. The standard InChI is InChI=1S/C10H15N3O2/c1-2-3-8(11)6-9-7-10(13(14)15)4-5-12-9/h4-5,7-8H,2-3,6,11H2,1H3. The van der Waals surface area contributed by atoms with Crippen LogP contribution >= 0.6 is 0 Å². The Morgan fingerprint density at radius 1 is 1.67 bits per heavy atom. The highest BCUT2D eigenvalue weighted by Gasteiger charge is 2.09. The highest BCUT2D eigenvalue weighted by atomic mass is 16.6. The molecular formula is C10H15N3O2. The van der Waals surface area contributed by atoms with Gasteiger partial charge in [-0.2, -0.15) is 0 Å². The Bertz CT molecular complexity index is 341. The van der Waals surface area contributed by atoms with Crippen LogP contribution in [0, 0.1) is 10.1 Å². The van der Waals surface area contributed by atoms with Crippen LogP contribution in [-0.2, 0) is 6.42 Å². The van der Waals surface area contributed by atoms with Crippen LogP contribution < -0.4 is 5.73 Å². The van der Waals surface area contributed by atoms with Gasteiger partial charge >= 0.3 is 0 Å².